The molecule has 1 fully saturated rings. The Balaban J connectivity index is 1.50. The first-order valence-electron chi connectivity index (χ1n) is 8.35. The van der Waals surface area contributed by atoms with Crippen molar-refractivity contribution in [1.29, 1.82) is 0 Å². The molecule has 2 aromatic rings. The van der Waals surface area contributed by atoms with Crippen LogP contribution in [-0.2, 0) is 4.79 Å². The monoisotopic (exact) mass is 357 g/mol. The van der Waals surface area contributed by atoms with E-state index < -0.39 is 0 Å². The minimum absolute atomic E-state index is 0.0274. The summed E-state index contributed by atoms with van der Waals surface area (Å²) >= 11 is 1.63. The molecule has 6 heteroatoms. The maximum Gasteiger partial charge on any atom is 0.238 e. The van der Waals surface area contributed by atoms with Crippen molar-refractivity contribution in [3.63, 3.8) is 0 Å². The van der Waals surface area contributed by atoms with Gasteiger partial charge in [0.1, 0.15) is 5.75 Å². The van der Waals surface area contributed by atoms with Crippen LogP contribution in [0, 0.1) is 0 Å². The minimum Gasteiger partial charge on any atom is -0.508 e. The van der Waals surface area contributed by atoms with Gasteiger partial charge in [-0.15, -0.1) is 11.8 Å². The van der Waals surface area contributed by atoms with Gasteiger partial charge in [-0.05, 0) is 42.7 Å². The summed E-state index contributed by atoms with van der Waals surface area (Å²) in [4.78, 5) is 17.9. The van der Waals surface area contributed by atoms with E-state index >= 15 is 0 Å². The molecular formula is C19H23N3O2S. The first-order valence-corrected chi connectivity index (χ1v) is 9.57. The van der Waals surface area contributed by atoms with Crippen molar-refractivity contribution < 1.29 is 9.90 Å². The average molecular weight is 357 g/mol. The second-order valence-corrected chi connectivity index (χ2v) is 6.88. The molecule has 1 aliphatic heterocycles. The molecule has 2 N–H and O–H groups in total. The lowest BCUT2D eigenvalue weighted by Crippen LogP contribution is -2.48. The highest BCUT2D eigenvalue weighted by molar-refractivity contribution is 7.98. The zero-order chi connectivity index (χ0) is 17.6. The number of piperazine rings is 1. The van der Waals surface area contributed by atoms with Crippen molar-refractivity contribution in [2.24, 2.45) is 0 Å². The predicted octanol–water partition coefficient (Wildman–Crippen LogP) is 2.87. The van der Waals surface area contributed by atoms with Crippen molar-refractivity contribution in [2.75, 3.05) is 49.2 Å². The van der Waals surface area contributed by atoms with Crippen LogP contribution in [0.15, 0.2) is 53.4 Å². The van der Waals surface area contributed by atoms with Gasteiger partial charge in [0.25, 0.3) is 0 Å². The van der Waals surface area contributed by atoms with E-state index in [1.807, 2.05) is 42.7 Å². The fourth-order valence-corrected chi connectivity index (χ4v) is 3.52. The molecular weight excluding hydrogens is 334 g/mol. The lowest BCUT2D eigenvalue weighted by Gasteiger charge is -2.35. The Morgan fingerprint density at radius 2 is 1.76 bits per heavy atom. The lowest BCUT2D eigenvalue weighted by atomic mass is 10.2. The van der Waals surface area contributed by atoms with Gasteiger partial charge in [-0.1, -0.05) is 12.1 Å². The van der Waals surface area contributed by atoms with Crippen LogP contribution < -0.4 is 10.2 Å². The number of rotatable bonds is 5. The Kier molecular flexibility index (Phi) is 5.83. The highest BCUT2D eigenvalue weighted by Gasteiger charge is 2.19. The number of amides is 1. The summed E-state index contributed by atoms with van der Waals surface area (Å²) < 4.78 is 0. The number of nitrogens with one attached hydrogen (secondary N) is 1. The Labute approximate surface area is 152 Å². The van der Waals surface area contributed by atoms with Crippen molar-refractivity contribution in [1.82, 2.24) is 4.90 Å². The van der Waals surface area contributed by atoms with Crippen molar-refractivity contribution >= 4 is 29.0 Å². The molecule has 1 aliphatic rings. The third-order valence-corrected chi connectivity index (χ3v) is 5.13. The highest BCUT2D eigenvalue weighted by atomic mass is 32.2. The van der Waals surface area contributed by atoms with E-state index in [9.17, 15) is 9.90 Å². The molecule has 0 spiro atoms. The van der Waals surface area contributed by atoms with Crippen molar-refractivity contribution in [2.45, 2.75) is 4.90 Å². The van der Waals surface area contributed by atoms with E-state index in [0.717, 1.165) is 42.4 Å². The van der Waals surface area contributed by atoms with Crippen LogP contribution in [-0.4, -0.2) is 54.9 Å². The first kappa shape index (κ1) is 17.6. The number of aromatic hydroxyl groups is 1. The van der Waals surface area contributed by atoms with Gasteiger partial charge in [0, 0.05) is 36.8 Å². The SMILES string of the molecule is CSc1ccccc1NC(=O)CN1CCN(c2ccc(O)cc2)CC1. The summed E-state index contributed by atoms with van der Waals surface area (Å²) in [7, 11) is 0. The summed E-state index contributed by atoms with van der Waals surface area (Å²) in [6.07, 6.45) is 2.01. The van der Waals surface area contributed by atoms with E-state index in [4.69, 9.17) is 0 Å². The van der Waals surface area contributed by atoms with Gasteiger partial charge in [0.2, 0.25) is 5.91 Å². The number of hydrogen-bond acceptors (Lipinski definition) is 5. The van der Waals surface area contributed by atoms with E-state index in [1.165, 1.54) is 0 Å². The zero-order valence-electron chi connectivity index (χ0n) is 14.3. The van der Waals surface area contributed by atoms with Gasteiger partial charge < -0.3 is 15.3 Å². The molecule has 0 saturated carbocycles. The highest BCUT2D eigenvalue weighted by Crippen LogP contribution is 2.24. The molecule has 1 amide bonds. The fraction of sp³-hybridized carbons (Fsp3) is 0.316. The molecule has 0 bridgehead atoms. The Hall–Kier alpha value is -2.18. The summed E-state index contributed by atoms with van der Waals surface area (Å²) in [6.45, 7) is 3.85. The molecule has 0 atom stereocenters. The molecule has 1 saturated heterocycles. The van der Waals surface area contributed by atoms with Gasteiger partial charge >= 0.3 is 0 Å². The number of thioether (sulfide) groups is 1. The second-order valence-electron chi connectivity index (χ2n) is 6.03. The summed E-state index contributed by atoms with van der Waals surface area (Å²) in [6, 6.07) is 15.1. The number of phenolic OH excluding ortho intramolecular Hbond substituents is 1. The molecule has 1 heterocycles. The fourth-order valence-electron chi connectivity index (χ4n) is 2.97. The van der Waals surface area contributed by atoms with Gasteiger partial charge in [-0.2, -0.15) is 0 Å². The Morgan fingerprint density at radius 1 is 1.08 bits per heavy atom. The van der Waals surface area contributed by atoms with E-state index in [1.54, 1.807) is 23.9 Å². The van der Waals surface area contributed by atoms with E-state index in [2.05, 4.69) is 15.1 Å². The smallest absolute Gasteiger partial charge is 0.238 e. The number of nitrogens with zero attached hydrogens (tertiary/aromatic N) is 2. The van der Waals surface area contributed by atoms with Crippen LogP contribution in [0.1, 0.15) is 0 Å². The maximum atomic E-state index is 12.3. The van der Waals surface area contributed by atoms with Gasteiger partial charge in [0.15, 0.2) is 0 Å². The normalized spacial score (nSPS) is 15.2. The Morgan fingerprint density at radius 3 is 2.44 bits per heavy atom. The van der Waals surface area contributed by atoms with Crippen LogP contribution >= 0.6 is 11.8 Å². The largest absolute Gasteiger partial charge is 0.508 e. The van der Waals surface area contributed by atoms with Gasteiger partial charge in [-0.25, -0.2) is 0 Å². The van der Waals surface area contributed by atoms with Crippen LogP contribution in [0.5, 0.6) is 5.75 Å². The summed E-state index contributed by atoms with van der Waals surface area (Å²) in [5, 5.41) is 12.4. The topological polar surface area (TPSA) is 55.8 Å². The van der Waals surface area contributed by atoms with Crippen molar-refractivity contribution in [3.8, 4) is 5.75 Å². The lowest BCUT2D eigenvalue weighted by molar-refractivity contribution is -0.117. The van der Waals surface area contributed by atoms with Gasteiger partial charge in [-0.3, -0.25) is 9.69 Å². The Bertz CT molecular complexity index is 713. The molecule has 0 aromatic heterocycles. The molecule has 5 nitrogen and oxygen atoms in total. The third kappa shape index (κ3) is 4.67. The van der Waals surface area contributed by atoms with Crippen molar-refractivity contribution in [3.05, 3.63) is 48.5 Å². The van der Waals surface area contributed by atoms with Crippen LogP contribution in [0.3, 0.4) is 0 Å². The zero-order valence-corrected chi connectivity index (χ0v) is 15.1. The maximum absolute atomic E-state index is 12.3. The van der Waals surface area contributed by atoms with E-state index in [-0.39, 0.29) is 11.7 Å². The second kappa shape index (κ2) is 8.27. The number of carbonyl (C=O) groups excluding carboxylic acids is 1. The molecule has 3 rings (SSSR count). The molecule has 25 heavy (non-hydrogen) atoms. The quantitative estimate of drug-likeness (QED) is 0.806. The molecule has 0 unspecified atom stereocenters. The number of carbonyl (C=O) groups is 1. The average Bonchev–Trinajstić information content (AvgIpc) is 2.63. The van der Waals surface area contributed by atoms with Gasteiger partial charge in [0.05, 0.1) is 12.2 Å². The number of para-hydroxylation sites is 1. The molecule has 2 aromatic carbocycles. The minimum atomic E-state index is 0.0274. The predicted molar refractivity (Wildman–Crippen MR) is 104 cm³/mol. The molecule has 0 radical (unpaired) electrons. The molecule has 0 aliphatic carbocycles. The molecule has 132 valence electrons. The number of hydrogen-bond donors (Lipinski definition) is 2. The standard InChI is InChI=1S/C19H23N3O2S/c1-25-18-5-3-2-4-17(18)20-19(24)14-21-10-12-22(13-11-21)15-6-8-16(23)9-7-15/h2-9,23H,10-14H2,1H3,(H,20,24). The first-order chi connectivity index (χ1) is 12.2. The van der Waals surface area contributed by atoms with Crippen LogP contribution in [0.25, 0.3) is 0 Å². The number of anilines is 2. The number of phenols is 1. The third-order valence-electron chi connectivity index (χ3n) is 4.34. The summed E-state index contributed by atoms with van der Waals surface area (Å²) in [5.74, 6) is 0.309. The van der Waals surface area contributed by atoms with Crippen LogP contribution in [0.2, 0.25) is 0 Å². The summed E-state index contributed by atoms with van der Waals surface area (Å²) in [5.41, 5.74) is 1.98. The van der Waals surface area contributed by atoms with E-state index in [0.29, 0.717) is 6.54 Å². The number of benzene rings is 2. The van der Waals surface area contributed by atoms with Crippen LogP contribution in [0.4, 0.5) is 11.4 Å².